The highest BCUT2D eigenvalue weighted by Crippen LogP contribution is 2.29. The summed E-state index contributed by atoms with van der Waals surface area (Å²) in [7, 11) is 0.202. The first-order valence-electron chi connectivity index (χ1n) is 10.0. The lowest BCUT2D eigenvalue weighted by atomic mass is 10.0. The lowest BCUT2D eigenvalue weighted by Gasteiger charge is -2.25. The molecule has 0 aliphatic carbocycles. The topological polar surface area (TPSA) is 86.8 Å². The molecule has 1 heterocycles. The minimum absolute atomic E-state index is 0.0275. The number of rotatable bonds is 7. The molecule has 1 aliphatic rings. The Labute approximate surface area is 188 Å². The summed E-state index contributed by atoms with van der Waals surface area (Å²) in [5.41, 5.74) is 2.69. The summed E-state index contributed by atoms with van der Waals surface area (Å²) in [6.45, 7) is 2.47. The van der Waals surface area contributed by atoms with Gasteiger partial charge in [-0.1, -0.05) is 42.8 Å². The first-order chi connectivity index (χ1) is 14.6. The first-order valence-corrected chi connectivity index (χ1v) is 12.0. The molecule has 2 aromatic rings. The number of carbonyl (C=O) groups excluding carboxylic acids is 2. The largest absolute Gasteiger partial charge is 0.350 e. The van der Waals surface area contributed by atoms with Gasteiger partial charge in [-0.25, -0.2) is 12.7 Å². The highest BCUT2D eigenvalue weighted by Gasteiger charge is 2.36. The summed E-state index contributed by atoms with van der Waals surface area (Å²) < 4.78 is 24.9. The number of anilines is 1. The molecule has 0 radical (unpaired) electrons. The average Bonchev–Trinajstić information content (AvgIpc) is 3.00. The SMILES string of the molecule is CCc1ccc(C(CNC(=O)c2ccc(N3C(=O)CCS3(=O)=O)cc2Cl)N(C)C)cc1. The highest BCUT2D eigenvalue weighted by molar-refractivity contribution is 7.94. The molecule has 1 N–H and O–H groups in total. The fraction of sp³-hybridized carbons (Fsp3) is 0.364. The number of amides is 2. The second-order valence-electron chi connectivity index (χ2n) is 7.67. The molecule has 9 heteroatoms. The van der Waals surface area contributed by atoms with E-state index in [-0.39, 0.29) is 40.4 Å². The first kappa shape index (κ1) is 23.2. The van der Waals surface area contributed by atoms with Crippen molar-refractivity contribution >= 4 is 39.1 Å². The van der Waals surface area contributed by atoms with Gasteiger partial charge in [-0.3, -0.25) is 9.59 Å². The number of halogens is 1. The fourth-order valence-corrected chi connectivity index (χ4v) is 5.25. The summed E-state index contributed by atoms with van der Waals surface area (Å²) in [5.74, 6) is -1.10. The minimum Gasteiger partial charge on any atom is -0.350 e. The van der Waals surface area contributed by atoms with Gasteiger partial charge in [0.25, 0.3) is 5.91 Å². The quantitative estimate of drug-likeness (QED) is 0.682. The number of likely N-dealkylation sites (N-methyl/N-ethyl adjacent to an activating group) is 1. The summed E-state index contributed by atoms with van der Waals surface area (Å²) >= 11 is 6.27. The van der Waals surface area contributed by atoms with Crippen LogP contribution in [0.1, 0.15) is 40.9 Å². The zero-order valence-corrected chi connectivity index (χ0v) is 19.3. The molecule has 0 bridgehead atoms. The number of benzene rings is 2. The molecule has 2 aromatic carbocycles. The van der Waals surface area contributed by atoms with Crippen LogP contribution >= 0.6 is 11.6 Å². The Bertz CT molecular complexity index is 1080. The summed E-state index contributed by atoms with van der Waals surface area (Å²) in [5, 5.41) is 2.98. The molecular formula is C22H26ClN3O4S. The van der Waals surface area contributed by atoms with Crippen molar-refractivity contribution in [2.24, 2.45) is 0 Å². The Morgan fingerprint density at radius 2 is 1.87 bits per heavy atom. The fourth-order valence-electron chi connectivity index (χ4n) is 3.54. The Balaban J connectivity index is 1.74. The van der Waals surface area contributed by atoms with Gasteiger partial charge in [-0.2, -0.15) is 0 Å². The molecule has 7 nitrogen and oxygen atoms in total. The lowest BCUT2D eigenvalue weighted by Crippen LogP contribution is -2.34. The third-order valence-electron chi connectivity index (χ3n) is 5.36. The van der Waals surface area contributed by atoms with Crippen molar-refractivity contribution in [2.75, 3.05) is 30.7 Å². The molecule has 1 atom stereocenters. The summed E-state index contributed by atoms with van der Waals surface area (Å²) in [6.07, 6.45) is 0.899. The molecule has 0 aromatic heterocycles. The van der Waals surface area contributed by atoms with Crippen molar-refractivity contribution in [3.8, 4) is 0 Å². The van der Waals surface area contributed by atoms with E-state index in [2.05, 4.69) is 36.5 Å². The van der Waals surface area contributed by atoms with Gasteiger partial charge >= 0.3 is 0 Å². The molecule has 0 spiro atoms. The van der Waals surface area contributed by atoms with E-state index in [0.717, 1.165) is 16.3 Å². The molecular weight excluding hydrogens is 438 g/mol. The Morgan fingerprint density at radius 3 is 2.39 bits per heavy atom. The highest BCUT2D eigenvalue weighted by atomic mass is 35.5. The molecule has 31 heavy (non-hydrogen) atoms. The number of sulfonamides is 1. The van der Waals surface area contributed by atoms with Crippen molar-refractivity contribution in [3.63, 3.8) is 0 Å². The van der Waals surface area contributed by atoms with Gasteiger partial charge in [-0.05, 0) is 49.8 Å². The molecule has 3 rings (SSSR count). The predicted octanol–water partition coefficient (Wildman–Crippen LogP) is 3.00. The van der Waals surface area contributed by atoms with Crippen molar-refractivity contribution in [1.82, 2.24) is 10.2 Å². The molecule has 0 saturated carbocycles. The van der Waals surface area contributed by atoms with Gasteiger partial charge in [0, 0.05) is 13.0 Å². The number of nitrogens with one attached hydrogen (secondary N) is 1. The van der Waals surface area contributed by atoms with Crippen LogP contribution < -0.4 is 9.62 Å². The van der Waals surface area contributed by atoms with E-state index in [1.165, 1.54) is 23.8 Å². The molecule has 166 valence electrons. The van der Waals surface area contributed by atoms with E-state index in [4.69, 9.17) is 11.6 Å². The van der Waals surface area contributed by atoms with Crippen LogP contribution in [0.2, 0.25) is 5.02 Å². The third-order valence-corrected chi connectivity index (χ3v) is 7.37. The number of carbonyl (C=O) groups is 2. The Morgan fingerprint density at radius 1 is 1.19 bits per heavy atom. The van der Waals surface area contributed by atoms with Crippen molar-refractivity contribution in [2.45, 2.75) is 25.8 Å². The molecule has 2 amide bonds. The Hall–Kier alpha value is -2.42. The van der Waals surface area contributed by atoms with E-state index >= 15 is 0 Å². The maximum absolute atomic E-state index is 12.7. The second kappa shape index (κ2) is 9.38. The van der Waals surface area contributed by atoms with Crippen LogP contribution in [-0.4, -0.2) is 51.5 Å². The summed E-state index contributed by atoms with van der Waals surface area (Å²) in [6, 6.07) is 12.5. The van der Waals surface area contributed by atoms with Gasteiger partial charge in [0.05, 0.1) is 28.1 Å². The van der Waals surface area contributed by atoms with E-state index in [1.54, 1.807) is 0 Å². The number of nitrogens with zero attached hydrogens (tertiary/aromatic N) is 2. The van der Waals surface area contributed by atoms with E-state index in [1.807, 2.05) is 19.0 Å². The predicted molar refractivity (Wildman–Crippen MR) is 122 cm³/mol. The second-order valence-corrected chi connectivity index (χ2v) is 10.0. The van der Waals surface area contributed by atoms with Crippen LogP contribution in [0.25, 0.3) is 0 Å². The molecule has 1 fully saturated rings. The maximum atomic E-state index is 12.7. The number of hydrogen-bond donors (Lipinski definition) is 1. The number of aryl methyl sites for hydroxylation is 1. The van der Waals surface area contributed by atoms with Gasteiger partial charge in [-0.15, -0.1) is 0 Å². The number of hydrogen-bond acceptors (Lipinski definition) is 5. The van der Waals surface area contributed by atoms with Crippen LogP contribution in [-0.2, 0) is 21.2 Å². The van der Waals surface area contributed by atoms with Crippen molar-refractivity contribution < 1.29 is 18.0 Å². The van der Waals surface area contributed by atoms with Gasteiger partial charge in [0.15, 0.2) is 0 Å². The van der Waals surface area contributed by atoms with Gasteiger partial charge in [0.2, 0.25) is 15.9 Å². The third kappa shape index (κ3) is 5.08. The van der Waals surface area contributed by atoms with Crippen LogP contribution in [0.5, 0.6) is 0 Å². The van der Waals surface area contributed by atoms with Crippen molar-refractivity contribution in [1.29, 1.82) is 0 Å². The van der Waals surface area contributed by atoms with Crippen molar-refractivity contribution in [3.05, 3.63) is 64.2 Å². The standard InChI is InChI=1S/C22H26ClN3O4S/c1-4-15-5-7-16(8-6-15)20(25(2)3)14-24-22(28)18-10-9-17(13-19(18)23)26-21(27)11-12-31(26,29)30/h5-10,13,20H,4,11-12,14H2,1-3H3,(H,24,28). The smallest absolute Gasteiger partial charge is 0.252 e. The van der Waals surface area contributed by atoms with E-state index in [0.29, 0.717) is 6.54 Å². The lowest BCUT2D eigenvalue weighted by molar-refractivity contribution is -0.116. The molecule has 1 unspecified atom stereocenters. The van der Waals surface area contributed by atoms with Crippen LogP contribution in [0, 0.1) is 0 Å². The van der Waals surface area contributed by atoms with E-state index < -0.39 is 15.9 Å². The Kier molecular flexibility index (Phi) is 7.03. The van der Waals surface area contributed by atoms with Crippen LogP contribution in [0.3, 0.4) is 0 Å². The van der Waals surface area contributed by atoms with Crippen LogP contribution in [0.4, 0.5) is 5.69 Å². The normalized spacial score (nSPS) is 16.5. The zero-order chi connectivity index (χ0) is 22.8. The van der Waals surface area contributed by atoms with Gasteiger partial charge in [0.1, 0.15) is 0 Å². The summed E-state index contributed by atoms with van der Waals surface area (Å²) in [4.78, 5) is 26.7. The van der Waals surface area contributed by atoms with E-state index in [9.17, 15) is 18.0 Å². The molecule has 1 saturated heterocycles. The molecule has 1 aliphatic heterocycles. The maximum Gasteiger partial charge on any atom is 0.252 e. The monoisotopic (exact) mass is 463 g/mol. The zero-order valence-electron chi connectivity index (χ0n) is 17.8. The van der Waals surface area contributed by atoms with Gasteiger partial charge < -0.3 is 10.2 Å². The minimum atomic E-state index is -3.69. The average molecular weight is 464 g/mol. The van der Waals surface area contributed by atoms with Crippen LogP contribution in [0.15, 0.2) is 42.5 Å².